The molecule has 1 heterocycles. The Hall–Kier alpha value is -1.83. The molecule has 132 valence electrons. The molecule has 24 heavy (non-hydrogen) atoms. The summed E-state index contributed by atoms with van der Waals surface area (Å²) in [4.78, 5) is 0.160. The molecule has 0 N–H and O–H groups in total. The lowest BCUT2D eigenvalue weighted by molar-refractivity contribution is 0.177. The van der Waals surface area contributed by atoms with Crippen molar-refractivity contribution in [3.8, 4) is 5.75 Å². The predicted molar refractivity (Wildman–Crippen MR) is 90.6 cm³/mol. The Morgan fingerprint density at radius 2 is 1.88 bits per heavy atom. The van der Waals surface area contributed by atoms with Gasteiger partial charge in [0.05, 0.1) is 26.2 Å². The average Bonchev–Trinajstić information content (AvgIpc) is 3.06. The van der Waals surface area contributed by atoms with Crippen molar-refractivity contribution in [2.75, 3.05) is 27.4 Å². The smallest absolute Gasteiger partial charge is 0.247 e. The van der Waals surface area contributed by atoms with Gasteiger partial charge in [-0.15, -0.1) is 0 Å². The molecule has 0 amide bonds. The summed E-state index contributed by atoms with van der Waals surface area (Å²) in [5.74, 6) is 0.340. The Labute approximate surface area is 143 Å². The lowest BCUT2D eigenvalue weighted by atomic mass is 10.1. The minimum atomic E-state index is -3.74. The Bertz CT molecular complexity index is 769. The van der Waals surface area contributed by atoms with Crippen LogP contribution in [0.4, 0.5) is 0 Å². The van der Waals surface area contributed by atoms with Gasteiger partial charge in [0.1, 0.15) is 10.6 Å². The first-order valence-corrected chi connectivity index (χ1v) is 8.99. The van der Waals surface area contributed by atoms with Gasteiger partial charge in [-0.1, -0.05) is 0 Å². The van der Waals surface area contributed by atoms with E-state index in [1.807, 2.05) is 13.8 Å². The number of hydrogen-bond acceptors (Lipinski definition) is 5. The molecule has 2 rings (SSSR count). The summed E-state index contributed by atoms with van der Waals surface area (Å²) >= 11 is 0. The molecule has 1 aromatic heterocycles. The molecule has 0 saturated heterocycles. The molecular weight excluding hydrogens is 330 g/mol. The van der Waals surface area contributed by atoms with Crippen LogP contribution in [0.15, 0.2) is 40.0 Å². The van der Waals surface area contributed by atoms with Crippen LogP contribution in [0.5, 0.6) is 5.75 Å². The van der Waals surface area contributed by atoms with E-state index >= 15 is 0 Å². The highest BCUT2D eigenvalue weighted by molar-refractivity contribution is 7.89. The molecule has 0 spiro atoms. The van der Waals surface area contributed by atoms with Gasteiger partial charge in [0.25, 0.3) is 0 Å². The maximum atomic E-state index is 13.2. The molecule has 1 aromatic carbocycles. The van der Waals surface area contributed by atoms with Gasteiger partial charge in [-0.25, -0.2) is 8.42 Å². The van der Waals surface area contributed by atoms with Crippen molar-refractivity contribution in [3.63, 3.8) is 0 Å². The topological polar surface area (TPSA) is 69.0 Å². The summed E-state index contributed by atoms with van der Waals surface area (Å²) in [5.41, 5.74) is 2.64. The Morgan fingerprint density at radius 3 is 2.46 bits per heavy atom. The first-order chi connectivity index (χ1) is 11.4. The van der Waals surface area contributed by atoms with E-state index in [0.29, 0.717) is 12.4 Å². The van der Waals surface area contributed by atoms with Gasteiger partial charge >= 0.3 is 0 Å². The molecule has 6 nitrogen and oxygen atoms in total. The van der Waals surface area contributed by atoms with Gasteiger partial charge in [-0.05, 0) is 43.2 Å². The van der Waals surface area contributed by atoms with Crippen molar-refractivity contribution in [2.45, 2.75) is 25.3 Å². The average molecular weight is 353 g/mol. The van der Waals surface area contributed by atoms with Gasteiger partial charge in [-0.2, -0.15) is 4.31 Å². The zero-order chi connectivity index (χ0) is 17.7. The molecular formula is C17H23NO5S. The van der Waals surface area contributed by atoms with E-state index in [2.05, 4.69) is 0 Å². The van der Waals surface area contributed by atoms with Crippen molar-refractivity contribution in [1.82, 2.24) is 4.31 Å². The van der Waals surface area contributed by atoms with Crippen LogP contribution in [0.1, 0.15) is 16.7 Å². The fourth-order valence-electron chi connectivity index (χ4n) is 2.33. The van der Waals surface area contributed by atoms with Crippen LogP contribution in [0.2, 0.25) is 0 Å². The van der Waals surface area contributed by atoms with E-state index in [1.165, 1.54) is 23.9 Å². The van der Waals surface area contributed by atoms with Gasteiger partial charge in [0, 0.05) is 25.8 Å². The Kier molecular flexibility index (Phi) is 6.04. The summed E-state index contributed by atoms with van der Waals surface area (Å²) < 4.78 is 43.1. The maximum Gasteiger partial charge on any atom is 0.247 e. The lowest BCUT2D eigenvalue weighted by Gasteiger charge is -2.23. The number of methoxy groups -OCH3 is 2. The van der Waals surface area contributed by atoms with Gasteiger partial charge in [0.2, 0.25) is 10.0 Å². The number of benzene rings is 1. The van der Waals surface area contributed by atoms with Crippen LogP contribution < -0.4 is 4.74 Å². The molecule has 7 heteroatoms. The third kappa shape index (κ3) is 3.98. The molecule has 0 aliphatic carbocycles. The number of ether oxygens (including phenoxy) is 2. The van der Waals surface area contributed by atoms with Gasteiger partial charge < -0.3 is 13.9 Å². The molecule has 0 radical (unpaired) electrons. The quantitative estimate of drug-likeness (QED) is 0.730. The normalized spacial score (nSPS) is 11.9. The van der Waals surface area contributed by atoms with E-state index in [1.54, 1.807) is 25.3 Å². The number of sulfonamides is 1. The third-order valence-electron chi connectivity index (χ3n) is 3.88. The van der Waals surface area contributed by atoms with E-state index < -0.39 is 10.0 Å². The van der Waals surface area contributed by atoms with Crippen molar-refractivity contribution in [1.29, 1.82) is 0 Å². The summed E-state index contributed by atoms with van der Waals surface area (Å²) in [6.07, 6.45) is 3.06. The second kappa shape index (κ2) is 7.83. The minimum absolute atomic E-state index is 0.160. The molecule has 0 saturated carbocycles. The van der Waals surface area contributed by atoms with Crippen LogP contribution in [0.3, 0.4) is 0 Å². The van der Waals surface area contributed by atoms with Crippen LogP contribution in [-0.4, -0.2) is 40.1 Å². The van der Waals surface area contributed by atoms with Gasteiger partial charge in [-0.3, -0.25) is 0 Å². The summed E-state index contributed by atoms with van der Waals surface area (Å²) in [6.45, 7) is 4.54. The monoisotopic (exact) mass is 353 g/mol. The highest BCUT2D eigenvalue weighted by atomic mass is 32.2. The van der Waals surface area contributed by atoms with Crippen LogP contribution in [0, 0.1) is 13.8 Å². The zero-order valence-electron chi connectivity index (χ0n) is 14.4. The molecule has 0 unspecified atom stereocenters. The minimum Gasteiger partial charge on any atom is -0.495 e. The van der Waals surface area contributed by atoms with E-state index in [4.69, 9.17) is 13.9 Å². The lowest BCUT2D eigenvalue weighted by Crippen LogP contribution is -2.33. The van der Waals surface area contributed by atoms with E-state index in [9.17, 15) is 8.42 Å². The SMILES string of the molecule is COCCN(Cc1ccoc1)S(=O)(=O)c1cc(C)c(C)cc1OC. The van der Waals surface area contributed by atoms with Crippen LogP contribution in [0.25, 0.3) is 0 Å². The Morgan fingerprint density at radius 1 is 1.17 bits per heavy atom. The van der Waals surface area contributed by atoms with Crippen molar-refractivity contribution < 1.29 is 22.3 Å². The zero-order valence-corrected chi connectivity index (χ0v) is 15.2. The maximum absolute atomic E-state index is 13.2. The first kappa shape index (κ1) is 18.5. The summed E-state index contributed by atoms with van der Waals surface area (Å²) in [5, 5.41) is 0. The summed E-state index contributed by atoms with van der Waals surface area (Å²) in [7, 11) is -0.733. The van der Waals surface area contributed by atoms with E-state index in [0.717, 1.165) is 16.7 Å². The molecule has 0 atom stereocenters. The van der Waals surface area contributed by atoms with Crippen molar-refractivity contribution in [2.24, 2.45) is 0 Å². The predicted octanol–water partition coefficient (Wildman–Crippen LogP) is 2.74. The third-order valence-corrected chi connectivity index (χ3v) is 5.75. The number of rotatable bonds is 8. The van der Waals surface area contributed by atoms with Crippen LogP contribution in [-0.2, 0) is 21.3 Å². The first-order valence-electron chi connectivity index (χ1n) is 7.55. The molecule has 0 fully saturated rings. The fourth-order valence-corrected chi connectivity index (χ4v) is 3.96. The number of nitrogens with zero attached hydrogens (tertiary/aromatic N) is 1. The highest BCUT2D eigenvalue weighted by Gasteiger charge is 2.28. The van der Waals surface area contributed by atoms with Crippen LogP contribution >= 0.6 is 0 Å². The van der Waals surface area contributed by atoms with Gasteiger partial charge in [0.15, 0.2) is 0 Å². The fraction of sp³-hybridized carbons (Fsp3) is 0.412. The molecule has 0 bridgehead atoms. The van der Waals surface area contributed by atoms with E-state index in [-0.39, 0.29) is 18.0 Å². The number of aryl methyl sites for hydroxylation is 2. The molecule has 2 aromatic rings. The molecule has 0 aliphatic rings. The Balaban J connectivity index is 2.45. The number of furan rings is 1. The number of hydrogen-bond donors (Lipinski definition) is 0. The second-order valence-corrected chi connectivity index (χ2v) is 7.46. The summed E-state index contributed by atoms with van der Waals surface area (Å²) in [6, 6.07) is 5.14. The molecule has 0 aliphatic heterocycles. The highest BCUT2D eigenvalue weighted by Crippen LogP contribution is 2.30. The largest absolute Gasteiger partial charge is 0.495 e. The van der Waals surface area contributed by atoms with Crippen molar-refractivity contribution in [3.05, 3.63) is 47.4 Å². The van der Waals surface area contributed by atoms with Crippen molar-refractivity contribution >= 4 is 10.0 Å². The second-order valence-electron chi connectivity index (χ2n) is 5.55. The standard InChI is InChI=1S/C17H23NO5S/c1-13-9-16(22-4)17(10-14(13)2)24(19,20)18(6-8-21-3)11-15-5-7-23-12-15/h5,7,9-10,12H,6,8,11H2,1-4H3.